The lowest BCUT2D eigenvalue weighted by Crippen LogP contribution is -2.38. The van der Waals surface area contributed by atoms with Crippen LogP contribution in [-0.2, 0) is 11.3 Å². The van der Waals surface area contributed by atoms with Crippen molar-refractivity contribution in [2.75, 3.05) is 32.8 Å². The van der Waals surface area contributed by atoms with Gasteiger partial charge in [-0.25, -0.2) is 0 Å². The molecule has 0 radical (unpaired) electrons. The Morgan fingerprint density at radius 2 is 1.95 bits per heavy atom. The molecule has 2 aromatic heterocycles. The van der Waals surface area contributed by atoms with Gasteiger partial charge in [-0.05, 0) is 24.4 Å². The molecule has 20 heavy (non-hydrogen) atoms. The Kier molecular flexibility index (Phi) is 4.19. The SMILES string of the molecule is S=c1[nH]nc(-c2ccncc2)n1CCN1CCOCC1. The van der Waals surface area contributed by atoms with E-state index < -0.39 is 0 Å². The summed E-state index contributed by atoms with van der Waals surface area (Å²) in [6.45, 7) is 5.37. The van der Waals surface area contributed by atoms with Crippen LogP contribution in [0, 0.1) is 4.77 Å². The van der Waals surface area contributed by atoms with Crippen molar-refractivity contribution in [3.8, 4) is 11.4 Å². The molecule has 0 aliphatic carbocycles. The maximum Gasteiger partial charge on any atom is 0.195 e. The number of aromatic amines is 1. The second-order valence-electron chi connectivity index (χ2n) is 4.69. The van der Waals surface area contributed by atoms with E-state index >= 15 is 0 Å². The first-order valence-electron chi connectivity index (χ1n) is 6.70. The molecule has 0 amide bonds. The number of rotatable bonds is 4. The van der Waals surface area contributed by atoms with Gasteiger partial charge in [0.15, 0.2) is 10.6 Å². The summed E-state index contributed by atoms with van der Waals surface area (Å²) in [5.41, 5.74) is 1.02. The lowest BCUT2D eigenvalue weighted by Gasteiger charge is -2.26. The van der Waals surface area contributed by atoms with Gasteiger partial charge in [-0.2, -0.15) is 5.10 Å². The zero-order valence-corrected chi connectivity index (χ0v) is 12.0. The van der Waals surface area contributed by atoms with E-state index in [0.717, 1.165) is 50.8 Å². The molecule has 0 bridgehead atoms. The minimum Gasteiger partial charge on any atom is -0.379 e. The highest BCUT2D eigenvalue weighted by atomic mass is 32.1. The summed E-state index contributed by atoms with van der Waals surface area (Å²) in [7, 11) is 0. The van der Waals surface area contributed by atoms with E-state index in [4.69, 9.17) is 17.0 Å². The van der Waals surface area contributed by atoms with Crippen molar-refractivity contribution in [2.24, 2.45) is 0 Å². The molecular weight excluding hydrogens is 274 g/mol. The van der Waals surface area contributed by atoms with Crippen LogP contribution in [-0.4, -0.2) is 57.5 Å². The van der Waals surface area contributed by atoms with Gasteiger partial charge in [0.1, 0.15) is 0 Å². The van der Waals surface area contributed by atoms with Gasteiger partial charge in [0.2, 0.25) is 0 Å². The molecule has 1 aliphatic rings. The van der Waals surface area contributed by atoms with Crippen molar-refractivity contribution >= 4 is 12.2 Å². The van der Waals surface area contributed by atoms with E-state index in [1.807, 2.05) is 16.7 Å². The predicted octanol–water partition coefficient (Wildman–Crippen LogP) is 1.33. The molecule has 3 rings (SSSR count). The second kappa shape index (κ2) is 6.25. The van der Waals surface area contributed by atoms with Crippen LogP contribution in [0.3, 0.4) is 0 Å². The zero-order chi connectivity index (χ0) is 13.8. The van der Waals surface area contributed by atoms with Gasteiger partial charge in [-0.3, -0.25) is 19.5 Å². The number of nitrogens with one attached hydrogen (secondary N) is 1. The van der Waals surface area contributed by atoms with Crippen LogP contribution >= 0.6 is 12.2 Å². The maximum absolute atomic E-state index is 5.36. The van der Waals surface area contributed by atoms with Gasteiger partial charge in [-0.1, -0.05) is 0 Å². The largest absolute Gasteiger partial charge is 0.379 e. The number of hydrogen-bond donors (Lipinski definition) is 1. The number of nitrogens with zero attached hydrogens (tertiary/aromatic N) is 4. The summed E-state index contributed by atoms with van der Waals surface area (Å²) in [4.78, 5) is 6.41. The predicted molar refractivity (Wildman–Crippen MR) is 77.9 cm³/mol. The maximum atomic E-state index is 5.36. The molecule has 0 unspecified atom stereocenters. The molecule has 1 N–H and O–H groups in total. The molecule has 6 nitrogen and oxygen atoms in total. The van der Waals surface area contributed by atoms with E-state index in [-0.39, 0.29) is 0 Å². The molecule has 7 heteroatoms. The number of H-pyrrole nitrogens is 1. The zero-order valence-electron chi connectivity index (χ0n) is 11.2. The minimum atomic E-state index is 0.657. The van der Waals surface area contributed by atoms with E-state index in [2.05, 4.69) is 20.1 Å². The van der Waals surface area contributed by atoms with Gasteiger partial charge in [0.05, 0.1) is 13.2 Å². The summed E-state index contributed by atoms with van der Waals surface area (Å²) in [5.74, 6) is 0.866. The Labute approximate surface area is 122 Å². The van der Waals surface area contributed by atoms with Crippen molar-refractivity contribution in [1.29, 1.82) is 0 Å². The van der Waals surface area contributed by atoms with Gasteiger partial charge in [-0.15, -0.1) is 0 Å². The number of pyridine rings is 1. The summed E-state index contributed by atoms with van der Waals surface area (Å²) in [6.07, 6.45) is 3.53. The van der Waals surface area contributed by atoms with Crippen LogP contribution in [0.15, 0.2) is 24.5 Å². The molecule has 1 aliphatic heterocycles. The molecule has 1 saturated heterocycles. The topological polar surface area (TPSA) is 59.0 Å². The third-order valence-corrected chi connectivity index (χ3v) is 3.75. The number of morpholine rings is 1. The third kappa shape index (κ3) is 2.95. The molecule has 3 heterocycles. The number of aromatic nitrogens is 4. The van der Waals surface area contributed by atoms with Gasteiger partial charge >= 0.3 is 0 Å². The molecule has 0 atom stereocenters. The van der Waals surface area contributed by atoms with Crippen LogP contribution in [0.5, 0.6) is 0 Å². The number of ether oxygens (including phenoxy) is 1. The first kappa shape index (κ1) is 13.4. The van der Waals surface area contributed by atoms with Crippen LogP contribution in [0.4, 0.5) is 0 Å². The molecule has 1 fully saturated rings. The average molecular weight is 291 g/mol. The van der Waals surface area contributed by atoms with Crippen LogP contribution in [0.2, 0.25) is 0 Å². The molecular formula is C13H17N5OS. The van der Waals surface area contributed by atoms with E-state index in [1.165, 1.54) is 0 Å². The summed E-state index contributed by atoms with van der Waals surface area (Å²) >= 11 is 5.33. The van der Waals surface area contributed by atoms with E-state index in [0.29, 0.717) is 4.77 Å². The van der Waals surface area contributed by atoms with Gasteiger partial charge in [0.25, 0.3) is 0 Å². The van der Waals surface area contributed by atoms with Gasteiger partial charge < -0.3 is 4.74 Å². The standard InChI is InChI=1S/C13H17N5OS/c20-13-16-15-12(11-1-3-14-4-2-11)18(13)6-5-17-7-9-19-10-8-17/h1-4H,5-10H2,(H,16,20). The second-order valence-corrected chi connectivity index (χ2v) is 5.08. The quantitative estimate of drug-likeness (QED) is 0.861. The molecule has 0 aromatic carbocycles. The van der Waals surface area contributed by atoms with Crippen molar-refractivity contribution in [2.45, 2.75) is 6.54 Å². The fourth-order valence-electron chi connectivity index (χ4n) is 2.31. The third-order valence-electron chi connectivity index (χ3n) is 3.44. The lowest BCUT2D eigenvalue weighted by atomic mass is 10.2. The fraction of sp³-hybridized carbons (Fsp3) is 0.462. The van der Waals surface area contributed by atoms with Gasteiger partial charge in [0, 0.05) is 44.1 Å². The highest BCUT2D eigenvalue weighted by molar-refractivity contribution is 7.71. The summed E-state index contributed by atoms with van der Waals surface area (Å²) in [6, 6.07) is 3.88. The summed E-state index contributed by atoms with van der Waals surface area (Å²) < 4.78 is 8.06. The van der Waals surface area contributed by atoms with E-state index in [9.17, 15) is 0 Å². The Morgan fingerprint density at radius 1 is 1.20 bits per heavy atom. The highest BCUT2D eigenvalue weighted by Gasteiger charge is 2.13. The normalized spacial score (nSPS) is 16.4. The minimum absolute atomic E-state index is 0.657. The van der Waals surface area contributed by atoms with Crippen LogP contribution in [0.1, 0.15) is 0 Å². The molecule has 0 spiro atoms. The monoisotopic (exact) mass is 291 g/mol. The highest BCUT2D eigenvalue weighted by Crippen LogP contribution is 2.15. The lowest BCUT2D eigenvalue weighted by molar-refractivity contribution is 0.0364. The smallest absolute Gasteiger partial charge is 0.195 e. The van der Waals surface area contributed by atoms with Crippen LogP contribution < -0.4 is 0 Å². The van der Waals surface area contributed by atoms with Crippen molar-refractivity contribution in [3.05, 3.63) is 29.3 Å². The Balaban J connectivity index is 1.76. The fourth-order valence-corrected chi connectivity index (χ4v) is 2.54. The van der Waals surface area contributed by atoms with Crippen LogP contribution in [0.25, 0.3) is 11.4 Å². The Hall–Kier alpha value is -1.57. The molecule has 2 aromatic rings. The average Bonchev–Trinajstić information content (AvgIpc) is 2.88. The summed E-state index contributed by atoms with van der Waals surface area (Å²) in [5, 5.41) is 7.20. The Bertz CT molecular complexity index is 603. The van der Waals surface area contributed by atoms with Crippen molar-refractivity contribution < 1.29 is 4.74 Å². The molecule has 106 valence electrons. The first-order valence-corrected chi connectivity index (χ1v) is 7.11. The first-order chi connectivity index (χ1) is 9.84. The number of hydrogen-bond acceptors (Lipinski definition) is 5. The van der Waals surface area contributed by atoms with E-state index in [1.54, 1.807) is 12.4 Å². The molecule has 0 saturated carbocycles. The Morgan fingerprint density at radius 3 is 2.70 bits per heavy atom. The van der Waals surface area contributed by atoms with Crippen molar-refractivity contribution in [3.63, 3.8) is 0 Å². The van der Waals surface area contributed by atoms with Crippen molar-refractivity contribution in [1.82, 2.24) is 24.6 Å².